The van der Waals surface area contributed by atoms with Crippen molar-refractivity contribution in [3.63, 3.8) is 0 Å². The summed E-state index contributed by atoms with van der Waals surface area (Å²) in [7, 11) is 0. The number of amides is 1. The van der Waals surface area contributed by atoms with Gasteiger partial charge in [-0.2, -0.15) is 23.4 Å². The van der Waals surface area contributed by atoms with Gasteiger partial charge in [-0.3, -0.25) is 14.2 Å². The summed E-state index contributed by atoms with van der Waals surface area (Å²) in [6.45, 7) is 6.18. The Morgan fingerprint density at radius 1 is 1.13 bits per heavy atom. The van der Waals surface area contributed by atoms with Crippen LogP contribution in [0.25, 0.3) is 0 Å². The van der Waals surface area contributed by atoms with E-state index in [9.17, 15) is 18.0 Å². The maximum atomic E-state index is 12.9. The largest absolute Gasteiger partial charge is 0.416 e. The minimum atomic E-state index is -4.39. The number of rotatable bonds is 6. The van der Waals surface area contributed by atoms with Gasteiger partial charge in [0.15, 0.2) is 5.82 Å². The van der Waals surface area contributed by atoms with Gasteiger partial charge in [-0.05, 0) is 54.4 Å². The van der Waals surface area contributed by atoms with E-state index in [0.29, 0.717) is 17.9 Å². The minimum absolute atomic E-state index is 0.172. The molecule has 0 aliphatic rings. The predicted molar refractivity (Wildman–Crippen MR) is 110 cm³/mol. The number of carbonyl (C=O) groups is 1. The number of aromatic nitrogens is 4. The van der Waals surface area contributed by atoms with Gasteiger partial charge in [-0.25, -0.2) is 0 Å². The van der Waals surface area contributed by atoms with Crippen molar-refractivity contribution in [3.8, 4) is 0 Å². The van der Waals surface area contributed by atoms with Gasteiger partial charge in [-0.15, -0.1) is 0 Å². The molecule has 0 fully saturated rings. The molecule has 2 heterocycles. The van der Waals surface area contributed by atoms with Crippen molar-refractivity contribution in [2.45, 2.75) is 46.5 Å². The molecule has 0 atom stereocenters. The summed E-state index contributed by atoms with van der Waals surface area (Å²) in [5.74, 6) is 0.140. The summed E-state index contributed by atoms with van der Waals surface area (Å²) < 4.78 is 42.9. The molecule has 1 N–H and O–H groups in total. The van der Waals surface area contributed by atoms with Crippen molar-refractivity contribution >= 4 is 27.7 Å². The average molecular weight is 484 g/mol. The third-order valence-electron chi connectivity index (χ3n) is 4.68. The van der Waals surface area contributed by atoms with E-state index in [0.717, 1.165) is 33.7 Å². The van der Waals surface area contributed by atoms with Gasteiger partial charge in [0.2, 0.25) is 5.91 Å². The molecular weight excluding hydrogens is 463 g/mol. The predicted octanol–water partition coefficient (Wildman–Crippen LogP) is 4.86. The summed E-state index contributed by atoms with van der Waals surface area (Å²) >= 11 is 3.45. The molecule has 3 aromatic rings. The lowest BCUT2D eigenvalue weighted by atomic mass is 10.1. The molecule has 0 radical (unpaired) electrons. The van der Waals surface area contributed by atoms with Crippen molar-refractivity contribution in [1.82, 2.24) is 19.6 Å². The SMILES string of the molecule is Cc1nn(CCC(=O)Nc2cc(C)n(Cc3cccc(C(F)(F)F)c3)n2)c(C)c1Br. The Morgan fingerprint density at radius 3 is 2.50 bits per heavy atom. The molecule has 0 spiro atoms. The van der Waals surface area contributed by atoms with Gasteiger partial charge >= 0.3 is 6.18 Å². The summed E-state index contributed by atoms with van der Waals surface area (Å²) in [6, 6.07) is 6.81. The first-order chi connectivity index (χ1) is 14.0. The van der Waals surface area contributed by atoms with E-state index < -0.39 is 11.7 Å². The van der Waals surface area contributed by atoms with Gasteiger partial charge in [0.1, 0.15) is 0 Å². The summed E-state index contributed by atoms with van der Waals surface area (Å²) in [4.78, 5) is 12.3. The highest BCUT2D eigenvalue weighted by Gasteiger charge is 2.30. The summed E-state index contributed by atoms with van der Waals surface area (Å²) in [5, 5.41) is 11.4. The number of nitrogens with zero attached hydrogens (tertiary/aromatic N) is 4. The van der Waals surface area contributed by atoms with Gasteiger partial charge < -0.3 is 5.32 Å². The minimum Gasteiger partial charge on any atom is -0.309 e. The number of hydrogen-bond acceptors (Lipinski definition) is 3. The molecule has 0 unspecified atom stereocenters. The number of aryl methyl sites for hydroxylation is 3. The van der Waals surface area contributed by atoms with Crippen LogP contribution in [0.4, 0.5) is 19.0 Å². The third kappa shape index (κ3) is 5.10. The number of nitrogens with one attached hydrogen (secondary N) is 1. The monoisotopic (exact) mass is 483 g/mol. The second-order valence-corrected chi connectivity index (χ2v) is 7.83. The maximum absolute atomic E-state index is 12.9. The molecule has 1 aromatic carbocycles. The van der Waals surface area contributed by atoms with Gasteiger partial charge in [0.25, 0.3) is 0 Å². The van der Waals surface area contributed by atoms with Crippen LogP contribution in [-0.4, -0.2) is 25.5 Å². The Hall–Kier alpha value is -2.62. The molecule has 0 saturated heterocycles. The molecule has 0 aliphatic heterocycles. The van der Waals surface area contributed by atoms with Crippen molar-refractivity contribution < 1.29 is 18.0 Å². The molecule has 0 aliphatic carbocycles. The number of carbonyl (C=O) groups excluding carboxylic acids is 1. The lowest BCUT2D eigenvalue weighted by molar-refractivity contribution is -0.137. The van der Waals surface area contributed by atoms with Crippen LogP contribution < -0.4 is 5.32 Å². The van der Waals surface area contributed by atoms with Gasteiger partial charge in [0, 0.05) is 23.9 Å². The zero-order chi connectivity index (χ0) is 22.1. The molecule has 10 heteroatoms. The van der Waals surface area contributed by atoms with Crippen molar-refractivity contribution in [2.24, 2.45) is 0 Å². The lowest BCUT2D eigenvalue weighted by Gasteiger charge is -2.09. The first kappa shape index (κ1) is 22.1. The van der Waals surface area contributed by atoms with E-state index >= 15 is 0 Å². The van der Waals surface area contributed by atoms with Crippen LogP contribution in [0.5, 0.6) is 0 Å². The summed E-state index contributed by atoms with van der Waals surface area (Å²) in [6.07, 6.45) is -4.18. The lowest BCUT2D eigenvalue weighted by Crippen LogP contribution is -2.16. The van der Waals surface area contributed by atoms with Gasteiger partial charge in [-0.1, -0.05) is 12.1 Å². The van der Waals surface area contributed by atoms with Crippen LogP contribution >= 0.6 is 15.9 Å². The molecule has 30 heavy (non-hydrogen) atoms. The Balaban J connectivity index is 1.63. The van der Waals surface area contributed by atoms with Crippen LogP contribution in [0.1, 0.15) is 34.6 Å². The smallest absolute Gasteiger partial charge is 0.309 e. The second-order valence-electron chi connectivity index (χ2n) is 7.03. The van der Waals surface area contributed by atoms with E-state index in [-0.39, 0.29) is 18.9 Å². The van der Waals surface area contributed by atoms with Crippen LogP contribution in [0, 0.1) is 20.8 Å². The normalized spacial score (nSPS) is 11.7. The van der Waals surface area contributed by atoms with Gasteiger partial charge in [0.05, 0.1) is 28.8 Å². The molecule has 1 amide bonds. The molecule has 160 valence electrons. The second kappa shape index (κ2) is 8.63. The highest BCUT2D eigenvalue weighted by molar-refractivity contribution is 9.10. The molecule has 6 nitrogen and oxygen atoms in total. The van der Waals surface area contributed by atoms with E-state index in [1.165, 1.54) is 6.07 Å². The Kier molecular flexibility index (Phi) is 6.35. The van der Waals surface area contributed by atoms with Crippen molar-refractivity contribution in [2.75, 3.05) is 5.32 Å². The molecule has 0 bridgehead atoms. The average Bonchev–Trinajstić information content (AvgIpc) is 3.13. The fourth-order valence-corrected chi connectivity index (χ4v) is 3.34. The highest BCUT2D eigenvalue weighted by atomic mass is 79.9. The number of halogens is 4. The van der Waals surface area contributed by atoms with Crippen molar-refractivity contribution in [1.29, 1.82) is 0 Å². The molecule has 0 saturated carbocycles. The van der Waals surface area contributed by atoms with E-state index in [2.05, 4.69) is 31.4 Å². The van der Waals surface area contributed by atoms with E-state index in [4.69, 9.17) is 0 Å². The number of alkyl halides is 3. The van der Waals surface area contributed by atoms with Crippen molar-refractivity contribution in [3.05, 3.63) is 63.0 Å². The first-order valence-electron chi connectivity index (χ1n) is 9.24. The number of benzene rings is 1. The first-order valence-corrected chi connectivity index (χ1v) is 10.0. The van der Waals surface area contributed by atoms with E-state index in [1.54, 1.807) is 28.4 Å². The quantitative estimate of drug-likeness (QED) is 0.544. The summed E-state index contributed by atoms with van der Waals surface area (Å²) in [5.41, 5.74) is 2.31. The highest BCUT2D eigenvalue weighted by Crippen LogP contribution is 2.29. The topological polar surface area (TPSA) is 64.7 Å². The molecule has 2 aromatic heterocycles. The third-order valence-corrected chi connectivity index (χ3v) is 5.83. The van der Waals surface area contributed by atoms with Crippen LogP contribution in [0.3, 0.4) is 0 Å². The standard InChI is InChI=1S/C20H21BrF3N5O/c1-12-9-17(25-18(30)7-8-28-14(3)19(21)13(2)26-28)27-29(12)11-15-5-4-6-16(10-15)20(22,23)24/h4-6,9-10H,7-8,11H2,1-3H3,(H,25,27,30). The Labute approximate surface area is 180 Å². The fraction of sp³-hybridized carbons (Fsp3) is 0.350. The molecular formula is C20H21BrF3N5O. The van der Waals surface area contributed by atoms with Crippen LogP contribution in [-0.2, 0) is 24.1 Å². The number of anilines is 1. The fourth-order valence-electron chi connectivity index (χ4n) is 3.06. The van der Waals surface area contributed by atoms with Crippen LogP contribution in [0.2, 0.25) is 0 Å². The Bertz CT molecular complexity index is 1070. The zero-order valence-electron chi connectivity index (χ0n) is 16.7. The number of hydrogen-bond donors (Lipinski definition) is 1. The van der Waals surface area contributed by atoms with Crippen LogP contribution in [0.15, 0.2) is 34.8 Å². The zero-order valence-corrected chi connectivity index (χ0v) is 18.3. The maximum Gasteiger partial charge on any atom is 0.416 e. The Morgan fingerprint density at radius 2 is 1.87 bits per heavy atom. The molecule has 3 rings (SSSR count). The van der Waals surface area contributed by atoms with E-state index in [1.807, 2.05) is 13.8 Å².